The maximum absolute atomic E-state index is 13.1. The third-order valence-electron chi connectivity index (χ3n) is 4.71. The van der Waals surface area contributed by atoms with Crippen molar-refractivity contribution in [2.45, 2.75) is 32.6 Å². The standard InChI is InChI=1S/C21H18F4N2O2/c1-3-27-11-17(20(29)26-12(2)13-4-7-15(22)8-5-13)19(28)16-10-14(21(23,24)25)6-9-18(16)27/h4-12H,3H2,1-2H3,(H,26,29). The van der Waals surface area contributed by atoms with Crippen molar-refractivity contribution >= 4 is 16.8 Å². The molecular weight excluding hydrogens is 388 g/mol. The molecule has 0 aliphatic carbocycles. The smallest absolute Gasteiger partial charge is 0.347 e. The summed E-state index contributed by atoms with van der Waals surface area (Å²) in [6.07, 6.45) is -3.27. The van der Waals surface area contributed by atoms with Crippen molar-refractivity contribution in [1.29, 1.82) is 0 Å². The van der Waals surface area contributed by atoms with Gasteiger partial charge in [0.1, 0.15) is 11.4 Å². The molecule has 1 N–H and O–H groups in total. The molecule has 0 spiro atoms. The molecule has 1 atom stereocenters. The fourth-order valence-corrected chi connectivity index (χ4v) is 3.11. The van der Waals surface area contributed by atoms with Gasteiger partial charge in [0.2, 0.25) is 5.43 Å². The summed E-state index contributed by atoms with van der Waals surface area (Å²) in [6, 6.07) is 7.87. The molecule has 1 amide bonds. The number of halogens is 4. The van der Waals surface area contributed by atoms with E-state index in [1.807, 2.05) is 0 Å². The van der Waals surface area contributed by atoms with Gasteiger partial charge in [-0.2, -0.15) is 13.2 Å². The van der Waals surface area contributed by atoms with Gasteiger partial charge in [-0.1, -0.05) is 12.1 Å². The van der Waals surface area contributed by atoms with Gasteiger partial charge in [0.05, 0.1) is 17.1 Å². The molecule has 1 heterocycles. The number of rotatable bonds is 4. The number of hydrogen-bond acceptors (Lipinski definition) is 2. The summed E-state index contributed by atoms with van der Waals surface area (Å²) in [7, 11) is 0. The van der Waals surface area contributed by atoms with Crippen LogP contribution in [0.5, 0.6) is 0 Å². The molecule has 0 saturated heterocycles. The van der Waals surface area contributed by atoms with Crippen LogP contribution in [0.25, 0.3) is 10.9 Å². The fraction of sp³-hybridized carbons (Fsp3) is 0.238. The molecule has 2 aromatic carbocycles. The number of nitrogens with one attached hydrogen (secondary N) is 1. The molecule has 0 bridgehead atoms. The van der Waals surface area contributed by atoms with E-state index in [-0.39, 0.29) is 10.9 Å². The number of aromatic nitrogens is 1. The average Bonchev–Trinajstić information content (AvgIpc) is 2.67. The van der Waals surface area contributed by atoms with Gasteiger partial charge in [-0.15, -0.1) is 0 Å². The molecule has 0 fully saturated rings. The van der Waals surface area contributed by atoms with Crippen molar-refractivity contribution in [1.82, 2.24) is 9.88 Å². The van der Waals surface area contributed by atoms with Crippen LogP contribution in [0.15, 0.2) is 53.5 Å². The number of carbonyl (C=O) groups excluding carboxylic acids is 1. The third-order valence-corrected chi connectivity index (χ3v) is 4.71. The molecule has 0 saturated carbocycles. The molecule has 3 rings (SSSR count). The van der Waals surface area contributed by atoms with Crippen LogP contribution in [0.1, 0.15) is 41.4 Å². The largest absolute Gasteiger partial charge is 0.416 e. The lowest BCUT2D eigenvalue weighted by atomic mass is 10.1. The Morgan fingerprint density at radius 2 is 1.79 bits per heavy atom. The lowest BCUT2D eigenvalue weighted by Gasteiger charge is -2.16. The SMILES string of the molecule is CCn1cc(C(=O)NC(C)c2ccc(F)cc2)c(=O)c2cc(C(F)(F)F)ccc21. The molecule has 29 heavy (non-hydrogen) atoms. The molecule has 0 aliphatic heterocycles. The first-order valence-corrected chi connectivity index (χ1v) is 8.92. The van der Waals surface area contributed by atoms with E-state index >= 15 is 0 Å². The lowest BCUT2D eigenvalue weighted by molar-refractivity contribution is -0.137. The van der Waals surface area contributed by atoms with Gasteiger partial charge in [0.15, 0.2) is 0 Å². The van der Waals surface area contributed by atoms with E-state index in [2.05, 4.69) is 5.32 Å². The van der Waals surface area contributed by atoms with Gasteiger partial charge in [0.25, 0.3) is 5.91 Å². The average molecular weight is 406 g/mol. The molecule has 1 unspecified atom stereocenters. The van der Waals surface area contributed by atoms with Gasteiger partial charge in [0, 0.05) is 18.1 Å². The van der Waals surface area contributed by atoms with Crippen molar-refractivity contribution in [3.05, 3.63) is 81.4 Å². The molecule has 1 aromatic heterocycles. The lowest BCUT2D eigenvalue weighted by Crippen LogP contribution is -2.32. The molecule has 152 valence electrons. The minimum atomic E-state index is -4.60. The van der Waals surface area contributed by atoms with Crippen molar-refractivity contribution in [3.63, 3.8) is 0 Å². The van der Waals surface area contributed by atoms with Crippen LogP contribution >= 0.6 is 0 Å². The van der Waals surface area contributed by atoms with Crippen LogP contribution in [-0.2, 0) is 12.7 Å². The quantitative estimate of drug-likeness (QED) is 0.640. The Morgan fingerprint density at radius 3 is 2.38 bits per heavy atom. The topological polar surface area (TPSA) is 51.1 Å². The monoisotopic (exact) mass is 406 g/mol. The Balaban J connectivity index is 2.03. The number of hydrogen-bond donors (Lipinski definition) is 1. The van der Waals surface area contributed by atoms with Gasteiger partial charge in [-0.25, -0.2) is 4.39 Å². The predicted octanol–water partition coefficient (Wildman–Crippen LogP) is 4.67. The zero-order valence-electron chi connectivity index (χ0n) is 15.7. The van der Waals surface area contributed by atoms with Crippen LogP contribution < -0.4 is 10.7 Å². The van der Waals surface area contributed by atoms with Gasteiger partial charge in [-0.3, -0.25) is 9.59 Å². The number of fused-ring (bicyclic) bond motifs is 1. The van der Waals surface area contributed by atoms with E-state index in [9.17, 15) is 27.2 Å². The van der Waals surface area contributed by atoms with Crippen LogP contribution in [0.3, 0.4) is 0 Å². The number of aryl methyl sites for hydroxylation is 1. The van der Waals surface area contributed by atoms with Crippen molar-refractivity contribution in [2.75, 3.05) is 0 Å². The Hall–Kier alpha value is -3.16. The van der Waals surface area contributed by atoms with Crippen LogP contribution in [-0.4, -0.2) is 10.5 Å². The molecule has 8 heteroatoms. The van der Waals surface area contributed by atoms with Crippen LogP contribution in [0.4, 0.5) is 17.6 Å². The number of benzene rings is 2. The second kappa shape index (κ2) is 7.69. The normalized spacial score (nSPS) is 12.8. The van der Waals surface area contributed by atoms with E-state index in [1.54, 1.807) is 18.4 Å². The Morgan fingerprint density at radius 1 is 1.14 bits per heavy atom. The summed E-state index contributed by atoms with van der Waals surface area (Å²) >= 11 is 0. The van der Waals surface area contributed by atoms with E-state index in [0.29, 0.717) is 17.6 Å². The number of alkyl halides is 3. The highest BCUT2D eigenvalue weighted by atomic mass is 19.4. The second-order valence-corrected chi connectivity index (χ2v) is 6.63. The number of carbonyl (C=O) groups is 1. The van der Waals surface area contributed by atoms with Gasteiger partial charge in [-0.05, 0) is 49.7 Å². The summed E-state index contributed by atoms with van der Waals surface area (Å²) in [4.78, 5) is 25.5. The van der Waals surface area contributed by atoms with Crippen molar-refractivity contribution < 1.29 is 22.4 Å². The Bertz CT molecular complexity index is 1120. The van der Waals surface area contributed by atoms with Crippen molar-refractivity contribution in [2.24, 2.45) is 0 Å². The fourth-order valence-electron chi connectivity index (χ4n) is 3.11. The van der Waals surface area contributed by atoms with E-state index < -0.39 is 34.9 Å². The molecule has 3 aromatic rings. The third kappa shape index (κ3) is 4.16. The summed E-state index contributed by atoms with van der Waals surface area (Å²) in [6.45, 7) is 3.77. The second-order valence-electron chi connectivity index (χ2n) is 6.63. The molecule has 0 radical (unpaired) electrons. The zero-order valence-corrected chi connectivity index (χ0v) is 15.7. The van der Waals surface area contributed by atoms with E-state index in [0.717, 1.165) is 12.1 Å². The molecular formula is C21H18F4N2O2. The summed E-state index contributed by atoms with van der Waals surface area (Å²) < 4.78 is 53.8. The van der Waals surface area contributed by atoms with E-state index in [1.165, 1.54) is 36.5 Å². The summed E-state index contributed by atoms with van der Waals surface area (Å²) in [5.41, 5.74) is -1.06. The molecule has 0 aliphatic rings. The van der Waals surface area contributed by atoms with E-state index in [4.69, 9.17) is 0 Å². The highest BCUT2D eigenvalue weighted by Gasteiger charge is 2.31. The highest BCUT2D eigenvalue weighted by molar-refractivity contribution is 5.97. The minimum absolute atomic E-state index is 0.177. The Kier molecular flexibility index (Phi) is 5.46. The number of amides is 1. The van der Waals surface area contributed by atoms with Crippen molar-refractivity contribution in [3.8, 4) is 0 Å². The highest BCUT2D eigenvalue weighted by Crippen LogP contribution is 2.30. The van der Waals surface area contributed by atoms with Gasteiger partial charge < -0.3 is 9.88 Å². The van der Waals surface area contributed by atoms with Crippen LogP contribution in [0, 0.1) is 5.82 Å². The Labute approximate surface area is 163 Å². The predicted molar refractivity (Wildman–Crippen MR) is 101 cm³/mol. The maximum Gasteiger partial charge on any atom is 0.416 e. The number of pyridine rings is 1. The summed E-state index contributed by atoms with van der Waals surface area (Å²) in [5, 5.41) is 2.46. The van der Waals surface area contributed by atoms with Crippen LogP contribution in [0.2, 0.25) is 0 Å². The zero-order chi connectivity index (χ0) is 21.3. The minimum Gasteiger partial charge on any atom is -0.347 e. The van der Waals surface area contributed by atoms with Gasteiger partial charge >= 0.3 is 6.18 Å². The summed E-state index contributed by atoms with van der Waals surface area (Å²) in [5.74, 6) is -1.14. The first-order chi connectivity index (χ1) is 13.6. The molecule has 4 nitrogen and oxygen atoms in total. The first-order valence-electron chi connectivity index (χ1n) is 8.92. The first kappa shape index (κ1) is 20.6. The maximum atomic E-state index is 13.1. The number of nitrogens with zero attached hydrogens (tertiary/aromatic N) is 1.